The van der Waals surface area contributed by atoms with Crippen LogP contribution in [0.15, 0.2) is 18.5 Å². The van der Waals surface area contributed by atoms with Crippen LogP contribution in [0.4, 0.5) is 13.2 Å². The predicted octanol–water partition coefficient (Wildman–Crippen LogP) is 2.09. The molecule has 0 atom stereocenters. The second-order valence-corrected chi connectivity index (χ2v) is 9.70. The molecule has 0 unspecified atom stereocenters. The number of sulfonamides is 1. The lowest BCUT2D eigenvalue weighted by atomic mass is 9.90. The van der Waals surface area contributed by atoms with E-state index >= 15 is 0 Å². The normalized spacial score (nSPS) is 13.0. The SMILES string of the molecule is CC(C)S(=O)(=O)NCCCn1nc2c(c1C(=O)O)CCc1cnccc1-2.O=C(O)C(F)(F)F. The molecule has 0 bridgehead atoms. The number of alkyl halides is 3. The van der Waals surface area contributed by atoms with Gasteiger partial charge in [-0.25, -0.2) is 22.7 Å². The van der Waals surface area contributed by atoms with Crippen molar-refractivity contribution in [3.63, 3.8) is 0 Å². The second-order valence-electron chi connectivity index (χ2n) is 7.38. The van der Waals surface area contributed by atoms with Gasteiger partial charge in [0, 0.05) is 36.6 Å². The van der Waals surface area contributed by atoms with Gasteiger partial charge >= 0.3 is 18.1 Å². The molecule has 33 heavy (non-hydrogen) atoms. The van der Waals surface area contributed by atoms with E-state index in [9.17, 15) is 31.5 Å². The fourth-order valence-corrected chi connectivity index (χ4v) is 3.84. The first kappa shape index (κ1) is 26.3. The highest BCUT2D eigenvalue weighted by molar-refractivity contribution is 7.90. The lowest BCUT2D eigenvalue weighted by molar-refractivity contribution is -0.192. The minimum atomic E-state index is -5.08. The third-order valence-corrected chi connectivity index (χ3v) is 6.62. The van der Waals surface area contributed by atoms with Gasteiger partial charge in [0.2, 0.25) is 10.0 Å². The quantitative estimate of drug-likeness (QED) is 0.497. The average Bonchev–Trinajstić information content (AvgIpc) is 3.10. The van der Waals surface area contributed by atoms with Crippen molar-refractivity contribution in [2.24, 2.45) is 0 Å². The lowest BCUT2D eigenvalue weighted by Gasteiger charge is -2.14. The van der Waals surface area contributed by atoms with Crippen molar-refractivity contribution in [1.82, 2.24) is 19.5 Å². The van der Waals surface area contributed by atoms with Crippen molar-refractivity contribution in [3.05, 3.63) is 35.3 Å². The molecule has 182 valence electrons. The maximum absolute atomic E-state index is 11.8. The summed E-state index contributed by atoms with van der Waals surface area (Å²) in [6, 6.07) is 1.85. The Hall–Kier alpha value is -3.00. The van der Waals surface area contributed by atoms with Crippen LogP contribution in [-0.4, -0.2) is 63.3 Å². The smallest absolute Gasteiger partial charge is 0.477 e. The number of aryl methyl sites for hydroxylation is 2. The summed E-state index contributed by atoms with van der Waals surface area (Å²) in [7, 11) is -3.32. The van der Waals surface area contributed by atoms with Crippen LogP contribution in [0.3, 0.4) is 0 Å². The van der Waals surface area contributed by atoms with Gasteiger partial charge in [-0.15, -0.1) is 0 Å². The Labute approximate surface area is 187 Å². The molecular weight excluding hydrogens is 469 g/mol. The molecule has 3 rings (SSSR count). The molecule has 0 aliphatic heterocycles. The monoisotopic (exact) mass is 492 g/mol. The predicted molar refractivity (Wildman–Crippen MR) is 110 cm³/mol. The van der Waals surface area contributed by atoms with Crippen molar-refractivity contribution in [1.29, 1.82) is 0 Å². The van der Waals surface area contributed by atoms with Crippen LogP contribution in [0.5, 0.6) is 0 Å². The molecule has 0 radical (unpaired) electrons. The van der Waals surface area contributed by atoms with Crippen LogP contribution >= 0.6 is 0 Å². The molecular formula is C19H23F3N4O6S. The molecule has 10 nitrogen and oxygen atoms in total. The largest absolute Gasteiger partial charge is 0.490 e. The fraction of sp³-hybridized carbons (Fsp3) is 0.474. The molecule has 14 heteroatoms. The summed E-state index contributed by atoms with van der Waals surface area (Å²) in [6.45, 7) is 3.79. The zero-order chi connectivity index (χ0) is 25.0. The highest BCUT2D eigenvalue weighted by Gasteiger charge is 2.38. The topological polar surface area (TPSA) is 151 Å². The van der Waals surface area contributed by atoms with Crippen molar-refractivity contribution in [2.45, 2.75) is 51.1 Å². The number of pyridine rings is 1. The molecule has 2 heterocycles. The van der Waals surface area contributed by atoms with Crippen molar-refractivity contribution < 1.29 is 41.4 Å². The van der Waals surface area contributed by atoms with Crippen molar-refractivity contribution in [2.75, 3.05) is 6.54 Å². The number of carboxylic acid groups (broad SMARTS) is 2. The first-order valence-corrected chi connectivity index (χ1v) is 11.3. The third-order valence-electron chi connectivity index (χ3n) is 4.77. The van der Waals surface area contributed by atoms with Crippen LogP contribution in [0.2, 0.25) is 0 Å². The fourth-order valence-electron chi connectivity index (χ4n) is 3.08. The number of aromatic carboxylic acids is 1. The Morgan fingerprint density at radius 2 is 1.88 bits per heavy atom. The van der Waals surface area contributed by atoms with Crippen LogP contribution < -0.4 is 4.72 Å². The van der Waals surface area contributed by atoms with E-state index in [2.05, 4.69) is 14.8 Å². The highest BCUT2D eigenvalue weighted by atomic mass is 32.2. The summed E-state index contributed by atoms with van der Waals surface area (Å²) in [6.07, 6.45) is 0.175. The summed E-state index contributed by atoms with van der Waals surface area (Å²) in [5.41, 5.74) is 3.59. The summed E-state index contributed by atoms with van der Waals surface area (Å²) >= 11 is 0. The molecule has 3 N–H and O–H groups in total. The molecule has 2 aromatic heterocycles. The number of carboxylic acids is 2. The number of nitrogens with zero attached hydrogens (tertiary/aromatic N) is 3. The van der Waals surface area contributed by atoms with Gasteiger partial charge in [0.1, 0.15) is 5.69 Å². The van der Waals surface area contributed by atoms with E-state index < -0.39 is 33.4 Å². The molecule has 0 fully saturated rings. The van der Waals surface area contributed by atoms with Gasteiger partial charge in [0.05, 0.1) is 10.9 Å². The van der Waals surface area contributed by atoms with Crippen LogP contribution in [0.25, 0.3) is 11.3 Å². The summed E-state index contributed by atoms with van der Waals surface area (Å²) in [5, 5.41) is 20.8. The maximum Gasteiger partial charge on any atom is 0.490 e. The first-order valence-electron chi connectivity index (χ1n) is 9.80. The number of aliphatic carboxylic acids is 1. The third kappa shape index (κ3) is 6.51. The average molecular weight is 492 g/mol. The van der Waals surface area contributed by atoms with Crippen LogP contribution in [-0.2, 0) is 34.2 Å². The van der Waals surface area contributed by atoms with E-state index in [4.69, 9.17) is 9.90 Å². The van der Waals surface area contributed by atoms with Crippen LogP contribution in [0.1, 0.15) is 41.9 Å². The van der Waals surface area contributed by atoms with Gasteiger partial charge in [0.15, 0.2) is 0 Å². The second kappa shape index (κ2) is 10.3. The zero-order valence-corrected chi connectivity index (χ0v) is 18.6. The minimum absolute atomic E-state index is 0.189. The molecule has 2 aromatic rings. The number of aromatic nitrogens is 3. The van der Waals surface area contributed by atoms with Gasteiger partial charge < -0.3 is 10.2 Å². The minimum Gasteiger partial charge on any atom is -0.477 e. The number of nitrogens with one attached hydrogen (secondary N) is 1. The number of halogens is 3. The number of carbonyl (C=O) groups is 2. The van der Waals surface area contributed by atoms with Gasteiger partial charge in [-0.1, -0.05) is 0 Å². The Balaban J connectivity index is 0.000000479. The Morgan fingerprint density at radius 3 is 2.42 bits per heavy atom. The van der Waals surface area contributed by atoms with E-state index in [-0.39, 0.29) is 12.2 Å². The first-order chi connectivity index (χ1) is 15.3. The number of hydrogen-bond donors (Lipinski definition) is 3. The Kier molecular flexibility index (Phi) is 8.19. The molecule has 0 amide bonds. The van der Waals surface area contributed by atoms with Gasteiger partial charge in [-0.05, 0) is 44.7 Å². The molecule has 0 aromatic carbocycles. The zero-order valence-electron chi connectivity index (χ0n) is 17.8. The van der Waals surface area contributed by atoms with Gasteiger partial charge in [-0.2, -0.15) is 18.3 Å². The lowest BCUT2D eigenvalue weighted by Crippen LogP contribution is -2.32. The molecule has 0 spiro atoms. The molecule has 0 saturated carbocycles. The van der Waals surface area contributed by atoms with Gasteiger partial charge in [-0.3, -0.25) is 9.67 Å². The summed E-state index contributed by atoms with van der Waals surface area (Å²) in [5.74, 6) is -3.77. The summed E-state index contributed by atoms with van der Waals surface area (Å²) < 4.78 is 59.3. The Morgan fingerprint density at radius 1 is 1.24 bits per heavy atom. The standard InChI is InChI=1S/C17H22N4O4S.C2HF3O2/c1-11(2)26(24,25)19-7-3-9-21-16(17(22)23)14-5-4-12-10-18-8-6-13(12)15(14)20-21;3-2(4,5)1(6)7/h6,8,10-11,19H,3-5,7,9H2,1-2H3,(H,22,23);(H,6,7). The van der Waals surface area contributed by atoms with Crippen molar-refractivity contribution in [3.8, 4) is 11.3 Å². The molecule has 1 aliphatic carbocycles. The van der Waals surface area contributed by atoms with Crippen LogP contribution in [0, 0.1) is 0 Å². The van der Waals surface area contributed by atoms with E-state index in [0.29, 0.717) is 25.1 Å². The molecule has 0 saturated heterocycles. The van der Waals surface area contributed by atoms with E-state index in [1.165, 1.54) is 4.68 Å². The number of hydrogen-bond acceptors (Lipinski definition) is 6. The Bertz CT molecular complexity index is 1130. The van der Waals surface area contributed by atoms with E-state index in [1.807, 2.05) is 6.07 Å². The molecule has 1 aliphatic rings. The van der Waals surface area contributed by atoms with Gasteiger partial charge in [0.25, 0.3) is 0 Å². The highest BCUT2D eigenvalue weighted by Crippen LogP contribution is 2.34. The number of fused-ring (bicyclic) bond motifs is 3. The van der Waals surface area contributed by atoms with E-state index in [1.54, 1.807) is 26.2 Å². The number of rotatable bonds is 7. The summed E-state index contributed by atoms with van der Waals surface area (Å²) in [4.78, 5) is 24.8. The van der Waals surface area contributed by atoms with Crippen molar-refractivity contribution >= 4 is 22.0 Å². The van der Waals surface area contributed by atoms with E-state index in [0.717, 1.165) is 23.1 Å². The maximum atomic E-state index is 11.8.